The van der Waals surface area contributed by atoms with Gasteiger partial charge in [0.2, 0.25) is 5.82 Å². The minimum atomic E-state index is -4.77. The van der Waals surface area contributed by atoms with Gasteiger partial charge in [0.15, 0.2) is 0 Å². The van der Waals surface area contributed by atoms with Gasteiger partial charge in [-0.3, -0.25) is 9.59 Å². The second kappa shape index (κ2) is 4.79. The fourth-order valence-corrected chi connectivity index (χ4v) is 1.38. The first-order chi connectivity index (χ1) is 9.27. The van der Waals surface area contributed by atoms with E-state index in [-0.39, 0.29) is 5.56 Å². The number of hydrogen-bond donors (Lipinski definition) is 1. The van der Waals surface area contributed by atoms with Crippen molar-refractivity contribution in [1.29, 1.82) is 0 Å². The van der Waals surface area contributed by atoms with Gasteiger partial charge in [-0.15, -0.1) is 0 Å². The van der Waals surface area contributed by atoms with Gasteiger partial charge in [0.05, 0.1) is 0 Å². The maximum absolute atomic E-state index is 12.3. The summed E-state index contributed by atoms with van der Waals surface area (Å²) in [7, 11) is 0. The van der Waals surface area contributed by atoms with Crippen LogP contribution in [0.1, 0.15) is 5.89 Å². The Morgan fingerprint density at radius 3 is 2.65 bits per heavy atom. The van der Waals surface area contributed by atoms with Gasteiger partial charge in [0.25, 0.3) is 5.56 Å². The van der Waals surface area contributed by atoms with Crippen LogP contribution in [-0.4, -0.2) is 25.8 Å². The summed E-state index contributed by atoms with van der Waals surface area (Å²) in [6, 6.07) is 2.14. The number of carbonyl (C=O) groups is 1. The van der Waals surface area contributed by atoms with Crippen molar-refractivity contribution >= 4 is 5.97 Å². The molecule has 0 saturated carbocycles. The lowest BCUT2D eigenvalue weighted by Gasteiger charge is -2.01. The molecule has 0 amide bonds. The fraction of sp³-hybridized carbons (Fsp3) is 0.200. The summed E-state index contributed by atoms with van der Waals surface area (Å²) in [6.45, 7) is -0.556. The van der Waals surface area contributed by atoms with Gasteiger partial charge in [-0.25, -0.2) is 0 Å². The van der Waals surface area contributed by atoms with E-state index >= 15 is 0 Å². The quantitative estimate of drug-likeness (QED) is 0.905. The van der Waals surface area contributed by atoms with E-state index in [4.69, 9.17) is 5.11 Å². The number of carboxylic acid groups (broad SMARTS) is 1. The first-order valence-electron chi connectivity index (χ1n) is 5.11. The topological polar surface area (TPSA) is 98.2 Å². The Hall–Kier alpha value is -2.65. The molecule has 10 heteroatoms. The van der Waals surface area contributed by atoms with Crippen molar-refractivity contribution in [2.24, 2.45) is 0 Å². The van der Waals surface area contributed by atoms with Gasteiger partial charge in [0.1, 0.15) is 6.54 Å². The number of rotatable bonds is 3. The Morgan fingerprint density at radius 1 is 1.45 bits per heavy atom. The Morgan fingerprint density at radius 2 is 2.15 bits per heavy atom. The molecule has 2 rings (SSSR count). The fourth-order valence-electron chi connectivity index (χ4n) is 1.38. The molecule has 2 aromatic rings. The second-order valence-electron chi connectivity index (χ2n) is 3.70. The lowest BCUT2D eigenvalue weighted by Crippen LogP contribution is -2.22. The molecule has 20 heavy (non-hydrogen) atoms. The van der Waals surface area contributed by atoms with Crippen LogP contribution in [0, 0.1) is 0 Å². The third-order valence-corrected chi connectivity index (χ3v) is 2.23. The number of aliphatic carboxylic acids is 1. The zero-order valence-corrected chi connectivity index (χ0v) is 9.59. The molecule has 0 atom stereocenters. The highest BCUT2D eigenvalue weighted by atomic mass is 19.4. The molecule has 0 aliphatic carbocycles. The molecule has 106 valence electrons. The average Bonchev–Trinajstić information content (AvgIpc) is 2.80. The minimum absolute atomic E-state index is 0.00381. The number of halogens is 3. The third-order valence-electron chi connectivity index (χ3n) is 2.23. The van der Waals surface area contributed by atoms with Crippen LogP contribution in [0.15, 0.2) is 27.6 Å². The molecule has 0 aliphatic rings. The summed E-state index contributed by atoms with van der Waals surface area (Å²) in [6.07, 6.45) is -3.65. The van der Waals surface area contributed by atoms with E-state index < -0.39 is 36.0 Å². The average molecular weight is 289 g/mol. The molecule has 0 saturated heterocycles. The van der Waals surface area contributed by atoms with Crippen molar-refractivity contribution in [3.63, 3.8) is 0 Å². The van der Waals surface area contributed by atoms with Crippen LogP contribution in [0.3, 0.4) is 0 Å². The second-order valence-corrected chi connectivity index (χ2v) is 3.70. The first-order valence-corrected chi connectivity index (χ1v) is 5.11. The molecule has 0 spiro atoms. The molecule has 0 bridgehead atoms. The van der Waals surface area contributed by atoms with E-state index in [1.165, 1.54) is 6.07 Å². The number of carboxylic acids is 1. The highest BCUT2D eigenvalue weighted by molar-refractivity contribution is 5.66. The van der Waals surface area contributed by atoms with Crippen LogP contribution >= 0.6 is 0 Å². The molecule has 2 aromatic heterocycles. The van der Waals surface area contributed by atoms with Crippen LogP contribution < -0.4 is 5.56 Å². The van der Waals surface area contributed by atoms with Gasteiger partial charge >= 0.3 is 18.0 Å². The van der Waals surface area contributed by atoms with E-state index in [0.717, 1.165) is 16.8 Å². The normalized spacial score (nSPS) is 11.6. The molecular weight excluding hydrogens is 283 g/mol. The number of aromatic nitrogens is 3. The van der Waals surface area contributed by atoms with Crippen LogP contribution in [-0.2, 0) is 17.5 Å². The van der Waals surface area contributed by atoms with Crippen LogP contribution in [0.2, 0.25) is 0 Å². The predicted molar refractivity (Wildman–Crippen MR) is 56.6 cm³/mol. The minimum Gasteiger partial charge on any atom is -0.480 e. The molecule has 1 N–H and O–H groups in total. The van der Waals surface area contributed by atoms with Crippen LogP contribution in [0.5, 0.6) is 0 Å². The van der Waals surface area contributed by atoms with Crippen molar-refractivity contribution in [3.05, 3.63) is 34.6 Å². The Bertz CT molecular complexity index is 704. The van der Waals surface area contributed by atoms with E-state index in [1.54, 1.807) is 0 Å². The summed E-state index contributed by atoms with van der Waals surface area (Å²) in [5.41, 5.74) is -0.709. The summed E-state index contributed by atoms with van der Waals surface area (Å²) in [4.78, 5) is 25.1. The maximum atomic E-state index is 12.3. The monoisotopic (exact) mass is 289 g/mol. The zero-order chi connectivity index (χ0) is 14.9. The van der Waals surface area contributed by atoms with Gasteiger partial charge in [-0.1, -0.05) is 5.16 Å². The number of hydrogen-bond acceptors (Lipinski definition) is 5. The van der Waals surface area contributed by atoms with Crippen LogP contribution in [0.25, 0.3) is 11.4 Å². The highest BCUT2D eigenvalue weighted by Gasteiger charge is 2.38. The number of nitrogens with zero attached hydrogens (tertiary/aromatic N) is 3. The van der Waals surface area contributed by atoms with Gasteiger partial charge in [0, 0.05) is 17.8 Å². The summed E-state index contributed by atoms with van der Waals surface area (Å²) >= 11 is 0. The summed E-state index contributed by atoms with van der Waals surface area (Å²) in [5, 5.41) is 11.7. The van der Waals surface area contributed by atoms with Crippen molar-refractivity contribution in [2.45, 2.75) is 12.7 Å². The first kappa shape index (κ1) is 13.8. The number of alkyl halides is 3. The Kier molecular flexibility index (Phi) is 3.30. The summed E-state index contributed by atoms with van der Waals surface area (Å²) in [5.74, 6) is -3.15. The van der Waals surface area contributed by atoms with Crippen LogP contribution in [0.4, 0.5) is 13.2 Å². The molecule has 0 unspecified atom stereocenters. The Labute approximate surface area is 108 Å². The molecule has 0 radical (unpaired) electrons. The largest absolute Gasteiger partial charge is 0.480 e. The maximum Gasteiger partial charge on any atom is 0.471 e. The predicted octanol–water partition coefficient (Wildman–Crippen LogP) is 1.00. The summed E-state index contributed by atoms with van der Waals surface area (Å²) < 4.78 is 41.7. The van der Waals surface area contributed by atoms with Gasteiger partial charge in [-0.2, -0.15) is 18.2 Å². The van der Waals surface area contributed by atoms with E-state index in [1.807, 2.05) is 0 Å². The zero-order valence-electron chi connectivity index (χ0n) is 9.59. The lowest BCUT2D eigenvalue weighted by atomic mass is 10.2. The Balaban J connectivity index is 2.35. The van der Waals surface area contributed by atoms with Crippen molar-refractivity contribution in [2.75, 3.05) is 0 Å². The number of pyridine rings is 1. The van der Waals surface area contributed by atoms with Crippen molar-refractivity contribution in [1.82, 2.24) is 14.7 Å². The van der Waals surface area contributed by atoms with E-state index in [2.05, 4.69) is 14.7 Å². The molecule has 7 nitrogen and oxygen atoms in total. The molecule has 2 heterocycles. The van der Waals surface area contributed by atoms with Crippen molar-refractivity contribution in [3.8, 4) is 11.4 Å². The van der Waals surface area contributed by atoms with E-state index in [0.29, 0.717) is 0 Å². The van der Waals surface area contributed by atoms with Crippen molar-refractivity contribution < 1.29 is 27.6 Å². The van der Waals surface area contributed by atoms with Gasteiger partial charge < -0.3 is 14.2 Å². The van der Waals surface area contributed by atoms with Gasteiger partial charge in [-0.05, 0) is 6.07 Å². The molecule has 0 aliphatic heterocycles. The molecule has 0 aromatic carbocycles. The molecular formula is C10H6F3N3O4. The van der Waals surface area contributed by atoms with E-state index in [9.17, 15) is 22.8 Å². The third kappa shape index (κ3) is 2.84. The molecule has 0 fully saturated rings. The smallest absolute Gasteiger partial charge is 0.471 e. The standard InChI is InChI=1S/C10H6F3N3O4/c11-10(12,13)9-14-8(15-20-9)5-1-2-16(4-7(18)19)6(17)3-5/h1-3H,4H2,(H,18,19). The highest BCUT2D eigenvalue weighted by Crippen LogP contribution is 2.28. The lowest BCUT2D eigenvalue weighted by molar-refractivity contribution is -0.159. The SMILES string of the molecule is O=C(O)Cn1ccc(-c2noc(C(F)(F)F)n2)cc1=O.